The maximum atomic E-state index is 4.23. The second-order valence-corrected chi connectivity index (χ2v) is 4.66. The van der Waals surface area contributed by atoms with E-state index in [4.69, 9.17) is 0 Å². The maximum Gasteiger partial charge on any atom is 0.296 e. The van der Waals surface area contributed by atoms with Gasteiger partial charge in [0.15, 0.2) is 5.69 Å². The molecule has 1 aliphatic heterocycles. The van der Waals surface area contributed by atoms with Crippen LogP contribution in [0.5, 0.6) is 0 Å². The third-order valence-corrected chi connectivity index (χ3v) is 3.30. The smallest absolute Gasteiger partial charge is 0.0833 e. The predicted molar refractivity (Wildman–Crippen MR) is 74.6 cm³/mol. The molecule has 19 heavy (non-hydrogen) atoms. The zero-order chi connectivity index (χ0) is 13.2. The fourth-order valence-electron chi connectivity index (χ4n) is 2.38. The highest BCUT2D eigenvalue weighted by Gasteiger charge is 2.36. The molecule has 2 aromatic carbocycles. The highest BCUT2D eigenvalue weighted by molar-refractivity contribution is 5.59. The lowest BCUT2D eigenvalue weighted by atomic mass is 10.1. The first-order chi connectivity index (χ1) is 9.27. The van der Waals surface area contributed by atoms with Crippen molar-refractivity contribution < 1.29 is 0 Å². The normalized spacial score (nSPS) is 17.2. The summed E-state index contributed by atoms with van der Waals surface area (Å²) < 4.78 is 0. The Bertz CT molecular complexity index is 637. The van der Waals surface area contributed by atoms with Crippen LogP contribution < -0.4 is 9.92 Å². The summed E-state index contributed by atoms with van der Waals surface area (Å²) >= 11 is 0. The van der Waals surface area contributed by atoms with E-state index in [2.05, 4.69) is 47.3 Å². The van der Waals surface area contributed by atoms with Gasteiger partial charge in [-0.3, -0.25) is 0 Å². The van der Waals surface area contributed by atoms with Crippen LogP contribution in [0.25, 0.3) is 0 Å². The van der Waals surface area contributed by atoms with Crippen molar-refractivity contribution in [2.75, 3.05) is 5.01 Å². The van der Waals surface area contributed by atoms with E-state index in [1.807, 2.05) is 35.3 Å². The van der Waals surface area contributed by atoms with Gasteiger partial charge in [0.2, 0.25) is 5.22 Å². The van der Waals surface area contributed by atoms with Crippen molar-refractivity contribution >= 4 is 5.69 Å². The third-order valence-electron chi connectivity index (χ3n) is 3.30. The van der Waals surface area contributed by atoms with Crippen LogP contribution in [0.4, 0.5) is 5.69 Å². The van der Waals surface area contributed by atoms with Crippen LogP contribution in [-0.4, -0.2) is 0 Å². The molecule has 4 heteroatoms. The van der Waals surface area contributed by atoms with Gasteiger partial charge in [-0.15, -0.1) is 0 Å². The summed E-state index contributed by atoms with van der Waals surface area (Å²) in [5.74, 6) is 0. The molecule has 1 aliphatic rings. The zero-order valence-electron chi connectivity index (χ0n) is 11.0. The molecule has 1 atom stereocenters. The predicted octanol–water partition coefficient (Wildman–Crippen LogP) is 3.71. The summed E-state index contributed by atoms with van der Waals surface area (Å²) in [7, 11) is 0. The van der Waals surface area contributed by atoms with Gasteiger partial charge in [0.25, 0.3) is 6.17 Å². The largest absolute Gasteiger partial charge is 0.296 e. The van der Waals surface area contributed by atoms with Gasteiger partial charge in [0, 0.05) is 5.56 Å². The van der Waals surface area contributed by atoms with Crippen LogP contribution in [0.3, 0.4) is 0 Å². The van der Waals surface area contributed by atoms with Gasteiger partial charge in [-0.05, 0) is 25.0 Å². The zero-order valence-corrected chi connectivity index (χ0v) is 11.0. The summed E-state index contributed by atoms with van der Waals surface area (Å²) in [4.78, 5) is 3.86. The first-order valence-electron chi connectivity index (χ1n) is 6.28. The van der Waals surface area contributed by atoms with Gasteiger partial charge in [-0.2, -0.15) is 0 Å². The number of benzene rings is 2. The van der Waals surface area contributed by atoms with Crippen molar-refractivity contribution in [2.45, 2.75) is 20.0 Å². The standard InChI is InChI=1S/C15H15N4/c1-11-7-6-8-12(2)14(11)19-15(16-17-18-19)13-9-4-3-5-10-13/h3-10,15H,1-2H3/q+1. The van der Waals surface area contributed by atoms with Crippen molar-refractivity contribution in [3.8, 4) is 0 Å². The Morgan fingerprint density at radius 2 is 1.63 bits per heavy atom. The molecule has 3 rings (SSSR count). The number of aryl methyl sites for hydroxylation is 2. The fraction of sp³-hybridized carbons (Fsp3) is 0.200. The molecular formula is C15H15N4+. The summed E-state index contributed by atoms with van der Waals surface area (Å²) in [6.07, 6.45) is -0.166. The topological polar surface area (TPSA) is 42.1 Å². The van der Waals surface area contributed by atoms with Crippen LogP contribution in [0.1, 0.15) is 22.9 Å². The Hall–Kier alpha value is -2.45. The summed E-state index contributed by atoms with van der Waals surface area (Å²) in [5.41, 5.74) is 4.53. The molecule has 0 N–H and O–H groups in total. The van der Waals surface area contributed by atoms with E-state index < -0.39 is 0 Å². The highest BCUT2D eigenvalue weighted by atomic mass is 15.7. The third kappa shape index (κ3) is 2.02. The average Bonchev–Trinajstić information content (AvgIpc) is 2.89. The van der Waals surface area contributed by atoms with E-state index in [1.54, 1.807) is 0 Å². The van der Waals surface area contributed by atoms with Crippen molar-refractivity contribution in [1.29, 1.82) is 0 Å². The molecule has 2 aromatic rings. The highest BCUT2D eigenvalue weighted by Crippen LogP contribution is 2.34. The van der Waals surface area contributed by atoms with Gasteiger partial charge in [0.05, 0.1) is 10.0 Å². The summed E-state index contributed by atoms with van der Waals surface area (Å²) in [6.45, 7) is 4.16. The van der Waals surface area contributed by atoms with Crippen molar-refractivity contribution in [3.05, 3.63) is 65.2 Å². The molecule has 1 unspecified atom stereocenters. The minimum atomic E-state index is -0.166. The SMILES string of the molecule is Cc1cccc(C)c1N1N=[N+]=NC1c1ccccc1. The lowest BCUT2D eigenvalue weighted by Gasteiger charge is -2.14. The number of rotatable bonds is 2. The number of anilines is 1. The molecule has 94 valence electrons. The summed E-state index contributed by atoms with van der Waals surface area (Å²) in [5, 5.41) is 10.3. The lowest BCUT2D eigenvalue weighted by Crippen LogP contribution is -2.20. The first kappa shape index (κ1) is 11.6. The van der Waals surface area contributed by atoms with Gasteiger partial charge < -0.3 is 0 Å². The Morgan fingerprint density at radius 3 is 2.32 bits per heavy atom. The molecule has 0 amide bonds. The van der Waals surface area contributed by atoms with E-state index in [-0.39, 0.29) is 6.17 Å². The summed E-state index contributed by atoms with van der Waals surface area (Å²) in [6, 6.07) is 16.3. The number of hydrogen-bond acceptors (Lipinski definition) is 3. The molecule has 4 nitrogen and oxygen atoms in total. The van der Waals surface area contributed by atoms with Crippen LogP contribution >= 0.6 is 0 Å². The molecule has 0 aromatic heterocycles. The molecule has 0 spiro atoms. The first-order valence-corrected chi connectivity index (χ1v) is 6.28. The molecular weight excluding hydrogens is 236 g/mol. The second kappa shape index (κ2) is 4.67. The second-order valence-electron chi connectivity index (χ2n) is 4.66. The Balaban J connectivity index is 2.04. The van der Waals surface area contributed by atoms with Gasteiger partial charge >= 0.3 is 0 Å². The number of nitrogens with zero attached hydrogens (tertiary/aromatic N) is 4. The molecule has 0 saturated carbocycles. The van der Waals surface area contributed by atoms with E-state index in [0.717, 1.165) is 11.3 Å². The number of para-hydroxylation sites is 1. The monoisotopic (exact) mass is 251 g/mol. The van der Waals surface area contributed by atoms with E-state index >= 15 is 0 Å². The fourth-order valence-corrected chi connectivity index (χ4v) is 2.38. The van der Waals surface area contributed by atoms with E-state index in [9.17, 15) is 0 Å². The van der Waals surface area contributed by atoms with Gasteiger partial charge in [0.1, 0.15) is 0 Å². The number of hydrogen-bond donors (Lipinski definition) is 0. The molecule has 0 bridgehead atoms. The minimum Gasteiger partial charge on any atom is -0.0833 e. The molecule has 1 heterocycles. The van der Waals surface area contributed by atoms with Crippen LogP contribution in [0, 0.1) is 13.8 Å². The van der Waals surface area contributed by atoms with Crippen molar-refractivity contribution in [3.63, 3.8) is 0 Å². The molecule has 0 aliphatic carbocycles. The molecule has 0 fully saturated rings. The Kier molecular flexibility index (Phi) is 2.86. The minimum absolute atomic E-state index is 0.166. The van der Waals surface area contributed by atoms with Crippen LogP contribution in [0.2, 0.25) is 0 Å². The van der Waals surface area contributed by atoms with Crippen LogP contribution in [0.15, 0.2) is 58.9 Å². The molecule has 0 saturated heterocycles. The maximum absolute atomic E-state index is 4.23. The van der Waals surface area contributed by atoms with Crippen molar-refractivity contribution in [2.24, 2.45) is 10.3 Å². The Morgan fingerprint density at radius 1 is 0.947 bits per heavy atom. The molecule has 0 radical (unpaired) electrons. The van der Waals surface area contributed by atoms with E-state index in [0.29, 0.717) is 0 Å². The van der Waals surface area contributed by atoms with Crippen molar-refractivity contribution in [1.82, 2.24) is 4.91 Å². The lowest BCUT2D eigenvalue weighted by molar-refractivity contribution is 0.699. The Labute approximate surface area is 112 Å². The van der Waals surface area contributed by atoms with Crippen LogP contribution in [-0.2, 0) is 0 Å². The van der Waals surface area contributed by atoms with Gasteiger partial charge in [-0.25, -0.2) is 0 Å². The average molecular weight is 251 g/mol. The quantitative estimate of drug-likeness (QED) is 0.750. The van der Waals surface area contributed by atoms with Gasteiger partial charge in [-0.1, -0.05) is 53.5 Å². The van der Waals surface area contributed by atoms with E-state index in [1.165, 1.54) is 11.1 Å².